The van der Waals surface area contributed by atoms with Crippen LogP contribution in [0.3, 0.4) is 0 Å². The second-order valence-electron chi connectivity index (χ2n) is 3.95. The Morgan fingerprint density at radius 1 is 1.27 bits per heavy atom. The van der Waals surface area contributed by atoms with E-state index in [2.05, 4.69) is 15.5 Å². The molecule has 0 saturated heterocycles. The number of aldehydes is 1. The zero-order valence-corrected chi connectivity index (χ0v) is 8.60. The van der Waals surface area contributed by atoms with Crippen molar-refractivity contribution in [2.75, 3.05) is 18.5 Å². The summed E-state index contributed by atoms with van der Waals surface area (Å²) < 4.78 is 2.22. The maximum absolute atomic E-state index is 11.1. The van der Waals surface area contributed by atoms with Gasteiger partial charge in [0.15, 0.2) is 6.29 Å². The average Bonchev–Trinajstić information content (AvgIpc) is 2.78. The lowest BCUT2D eigenvalue weighted by Crippen LogP contribution is -2.13. The molecule has 0 unspecified atom stereocenters. The summed E-state index contributed by atoms with van der Waals surface area (Å²) in [7, 11) is 2.03. The molecule has 0 bridgehead atoms. The molecule has 15 heavy (non-hydrogen) atoms. The van der Waals surface area contributed by atoms with Crippen molar-refractivity contribution >= 4 is 23.0 Å². The standard InChI is InChI=1S/C12H12N2O/c1-13-6-7-14-11-5-3-2-4-9(11)10(8-15)12(13)14/h2-5,8H,6-7H2,1H3. The number of carbonyl (C=O) groups is 1. The van der Waals surface area contributed by atoms with Crippen molar-refractivity contribution in [3.63, 3.8) is 0 Å². The first-order chi connectivity index (χ1) is 7.33. The lowest BCUT2D eigenvalue weighted by Gasteiger charge is -2.09. The highest BCUT2D eigenvalue weighted by molar-refractivity contribution is 6.04. The molecule has 0 radical (unpaired) electrons. The number of hydrogen-bond donors (Lipinski definition) is 0. The Bertz CT molecular complexity index is 542. The van der Waals surface area contributed by atoms with Crippen molar-refractivity contribution in [1.82, 2.24) is 4.57 Å². The summed E-state index contributed by atoms with van der Waals surface area (Å²) in [5.41, 5.74) is 1.99. The Balaban J connectivity index is 2.46. The predicted octanol–water partition coefficient (Wildman–Crippen LogP) is 1.90. The van der Waals surface area contributed by atoms with E-state index >= 15 is 0 Å². The molecule has 0 aliphatic carbocycles. The predicted molar refractivity (Wildman–Crippen MR) is 60.6 cm³/mol. The SMILES string of the molecule is CN1CCn2c1c(C=O)c1ccccc12. The van der Waals surface area contributed by atoms with E-state index in [1.807, 2.05) is 25.2 Å². The van der Waals surface area contributed by atoms with Crippen molar-refractivity contribution in [1.29, 1.82) is 0 Å². The number of carbonyl (C=O) groups excluding carboxylic acids is 1. The molecule has 0 atom stereocenters. The van der Waals surface area contributed by atoms with Gasteiger partial charge in [-0.15, -0.1) is 0 Å². The highest BCUT2D eigenvalue weighted by Gasteiger charge is 2.23. The van der Waals surface area contributed by atoms with E-state index in [0.29, 0.717) is 0 Å². The van der Waals surface area contributed by atoms with Crippen LogP contribution in [0.25, 0.3) is 10.9 Å². The Hall–Kier alpha value is -1.77. The fraction of sp³-hybridized carbons (Fsp3) is 0.250. The number of fused-ring (bicyclic) bond motifs is 3. The van der Waals surface area contributed by atoms with Crippen molar-refractivity contribution in [3.05, 3.63) is 29.8 Å². The van der Waals surface area contributed by atoms with Gasteiger partial charge in [0.1, 0.15) is 5.82 Å². The summed E-state index contributed by atoms with van der Waals surface area (Å²) in [5.74, 6) is 1.06. The molecular formula is C12H12N2O. The minimum Gasteiger partial charge on any atom is -0.359 e. The van der Waals surface area contributed by atoms with Crippen molar-refractivity contribution in [2.45, 2.75) is 6.54 Å². The third-order valence-corrected chi connectivity index (χ3v) is 3.12. The van der Waals surface area contributed by atoms with Gasteiger partial charge in [0, 0.05) is 25.5 Å². The smallest absolute Gasteiger partial charge is 0.154 e. The molecule has 3 nitrogen and oxygen atoms in total. The zero-order chi connectivity index (χ0) is 10.4. The fourth-order valence-electron chi connectivity index (χ4n) is 2.43. The molecule has 0 fully saturated rings. The molecule has 76 valence electrons. The van der Waals surface area contributed by atoms with E-state index in [1.54, 1.807) is 0 Å². The second-order valence-corrected chi connectivity index (χ2v) is 3.95. The van der Waals surface area contributed by atoms with Crippen LogP contribution in [0.5, 0.6) is 0 Å². The molecule has 1 aliphatic heterocycles. The number of aromatic nitrogens is 1. The molecular weight excluding hydrogens is 188 g/mol. The van der Waals surface area contributed by atoms with E-state index in [0.717, 1.165) is 36.1 Å². The van der Waals surface area contributed by atoms with Crippen LogP contribution in [0.1, 0.15) is 10.4 Å². The zero-order valence-electron chi connectivity index (χ0n) is 8.60. The van der Waals surface area contributed by atoms with E-state index in [-0.39, 0.29) is 0 Å². The van der Waals surface area contributed by atoms with Crippen LogP contribution in [0.15, 0.2) is 24.3 Å². The summed E-state index contributed by atoms with van der Waals surface area (Å²) in [5, 5.41) is 1.06. The minimum absolute atomic E-state index is 0.825. The monoisotopic (exact) mass is 200 g/mol. The number of benzene rings is 1. The average molecular weight is 200 g/mol. The molecule has 3 rings (SSSR count). The lowest BCUT2D eigenvalue weighted by atomic mass is 10.2. The van der Waals surface area contributed by atoms with Gasteiger partial charge in [-0.2, -0.15) is 0 Å². The van der Waals surface area contributed by atoms with Gasteiger partial charge in [0.05, 0.1) is 11.1 Å². The first-order valence-corrected chi connectivity index (χ1v) is 5.10. The molecule has 0 N–H and O–H groups in total. The molecule has 1 aliphatic rings. The summed E-state index contributed by atoms with van der Waals surface area (Å²) in [4.78, 5) is 13.3. The van der Waals surface area contributed by atoms with Gasteiger partial charge < -0.3 is 9.47 Å². The molecule has 0 saturated carbocycles. The first kappa shape index (κ1) is 8.53. The van der Waals surface area contributed by atoms with Gasteiger partial charge in [0.2, 0.25) is 0 Å². The largest absolute Gasteiger partial charge is 0.359 e. The van der Waals surface area contributed by atoms with E-state index in [9.17, 15) is 4.79 Å². The molecule has 1 aromatic carbocycles. The summed E-state index contributed by atoms with van der Waals surface area (Å²) >= 11 is 0. The molecule has 2 heterocycles. The van der Waals surface area contributed by atoms with Crippen LogP contribution in [0.4, 0.5) is 5.82 Å². The minimum atomic E-state index is 0.825. The Labute approximate surface area is 87.9 Å². The number of likely N-dealkylation sites (N-methyl/N-ethyl adjacent to an activating group) is 1. The maximum atomic E-state index is 11.1. The summed E-state index contributed by atoms with van der Waals surface area (Å²) in [6, 6.07) is 8.08. The molecule has 1 aromatic heterocycles. The van der Waals surface area contributed by atoms with Crippen molar-refractivity contribution < 1.29 is 4.79 Å². The van der Waals surface area contributed by atoms with E-state index in [4.69, 9.17) is 0 Å². The summed E-state index contributed by atoms with van der Waals surface area (Å²) in [6.45, 7) is 1.96. The maximum Gasteiger partial charge on any atom is 0.154 e. The van der Waals surface area contributed by atoms with Crippen molar-refractivity contribution in [3.8, 4) is 0 Å². The Kier molecular flexibility index (Phi) is 1.63. The number of para-hydroxylation sites is 1. The normalized spacial score (nSPS) is 14.6. The number of hydrogen-bond acceptors (Lipinski definition) is 2. The number of nitrogens with zero attached hydrogens (tertiary/aromatic N) is 2. The third-order valence-electron chi connectivity index (χ3n) is 3.12. The lowest BCUT2D eigenvalue weighted by molar-refractivity contribution is 0.112. The van der Waals surface area contributed by atoms with Crippen LogP contribution >= 0.6 is 0 Å². The number of rotatable bonds is 1. The van der Waals surface area contributed by atoms with Crippen LogP contribution < -0.4 is 4.90 Å². The van der Waals surface area contributed by atoms with Gasteiger partial charge in [-0.25, -0.2) is 0 Å². The topological polar surface area (TPSA) is 25.2 Å². The molecule has 0 amide bonds. The first-order valence-electron chi connectivity index (χ1n) is 5.10. The highest BCUT2D eigenvalue weighted by Crippen LogP contribution is 2.34. The van der Waals surface area contributed by atoms with Crippen LogP contribution in [-0.2, 0) is 6.54 Å². The molecule has 0 spiro atoms. The van der Waals surface area contributed by atoms with Gasteiger partial charge in [-0.3, -0.25) is 4.79 Å². The third kappa shape index (κ3) is 0.975. The van der Waals surface area contributed by atoms with Crippen LogP contribution in [-0.4, -0.2) is 24.4 Å². The quantitative estimate of drug-likeness (QED) is 0.657. The Morgan fingerprint density at radius 3 is 2.87 bits per heavy atom. The fourth-order valence-corrected chi connectivity index (χ4v) is 2.43. The van der Waals surface area contributed by atoms with E-state index < -0.39 is 0 Å². The second kappa shape index (κ2) is 2.86. The highest BCUT2D eigenvalue weighted by atomic mass is 16.1. The van der Waals surface area contributed by atoms with Crippen LogP contribution in [0.2, 0.25) is 0 Å². The van der Waals surface area contributed by atoms with Crippen LogP contribution in [0, 0.1) is 0 Å². The molecule has 2 aromatic rings. The van der Waals surface area contributed by atoms with Crippen molar-refractivity contribution in [2.24, 2.45) is 0 Å². The van der Waals surface area contributed by atoms with Gasteiger partial charge in [-0.1, -0.05) is 18.2 Å². The van der Waals surface area contributed by atoms with E-state index in [1.165, 1.54) is 5.52 Å². The number of anilines is 1. The van der Waals surface area contributed by atoms with Gasteiger partial charge in [0.25, 0.3) is 0 Å². The van der Waals surface area contributed by atoms with Gasteiger partial charge >= 0.3 is 0 Å². The summed E-state index contributed by atoms with van der Waals surface area (Å²) in [6.07, 6.45) is 0.968. The Morgan fingerprint density at radius 2 is 2.07 bits per heavy atom. The molecule has 3 heteroatoms. The van der Waals surface area contributed by atoms with Gasteiger partial charge in [-0.05, 0) is 6.07 Å².